The Balaban J connectivity index is 1.92. The van der Waals surface area contributed by atoms with Crippen molar-refractivity contribution in [2.45, 2.75) is 18.9 Å². The van der Waals surface area contributed by atoms with Crippen molar-refractivity contribution in [2.24, 2.45) is 5.73 Å². The van der Waals surface area contributed by atoms with E-state index in [0.717, 1.165) is 23.9 Å². The third kappa shape index (κ3) is 4.67. The summed E-state index contributed by atoms with van der Waals surface area (Å²) in [5, 5.41) is 0. The van der Waals surface area contributed by atoms with Gasteiger partial charge in [0.15, 0.2) is 0 Å². The predicted molar refractivity (Wildman–Crippen MR) is 93.3 cm³/mol. The molecule has 0 aromatic heterocycles. The standard InChI is InChI=1S/C18H23BrN2/c1-21(13-7-10-15-8-3-2-4-9-15)18(14-20)16-11-5-6-12-17(16)19/h2-6,8-9,11-12,18H,7,10,13-14,20H2,1H3. The number of hydrogen-bond acceptors (Lipinski definition) is 2. The van der Waals surface area contributed by atoms with Gasteiger partial charge in [0, 0.05) is 17.1 Å². The molecule has 2 aromatic carbocycles. The average molecular weight is 347 g/mol. The van der Waals surface area contributed by atoms with E-state index < -0.39 is 0 Å². The van der Waals surface area contributed by atoms with Crippen LogP contribution in [0.15, 0.2) is 59.1 Å². The maximum Gasteiger partial charge on any atom is 0.0478 e. The first kappa shape index (κ1) is 16.2. The lowest BCUT2D eigenvalue weighted by atomic mass is 10.0. The molecule has 1 atom stereocenters. The van der Waals surface area contributed by atoms with Gasteiger partial charge in [-0.25, -0.2) is 0 Å². The summed E-state index contributed by atoms with van der Waals surface area (Å²) < 4.78 is 1.13. The van der Waals surface area contributed by atoms with Crippen LogP contribution in [0.2, 0.25) is 0 Å². The first-order valence-electron chi connectivity index (χ1n) is 7.41. The third-order valence-electron chi connectivity index (χ3n) is 3.84. The number of hydrogen-bond donors (Lipinski definition) is 1. The van der Waals surface area contributed by atoms with Gasteiger partial charge >= 0.3 is 0 Å². The Morgan fingerprint density at radius 2 is 1.71 bits per heavy atom. The van der Waals surface area contributed by atoms with Crippen molar-refractivity contribution in [1.82, 2.24) is 4.90 Å². The molecule has 3 heteroatoms. The van der Waals surface area contributed by atoms with Crippen molar-refractivity contribution in [3.05, 3.63) is 70.2 Å². The highest BCUT2D eigenvalue weighted by atomic mass is 79.9. The van der Waals surface area contributed by atoms with Crippen LogP contribution in [-0.4, -0.2) is 25.0 Å². The number of halogens is 1. The van der Waals surface area contributed by atoms with Crippen LogP contribution in [0.25, 0.3) is 0 Å². The largest absolute Gasteiger partial charge is 0.329 e. The number of benzene rings is 2. The summed E-state index contributed by atoms with van der Waals surface area (Å²) in [5.41, 5.74) is 8.66. The summed E-state index contributed by atoms with van der Waals surface area (Å²) in [5.74, 6) is 0. The fourth-order valence-corrected chi connectivity index (χ4v) is 3.17. The molecule has 1 unspecified atom stereocenters. The maximum absolute atomic E-state index is 5.99. The predicted octanol–water partition coefficient (Wildman–Crippen LogP) is 4.01. The fraction of sp³-hybridized carbons (Fsp3) is 0.333. The highest BCUT2D eigenvalue weighted by Crippen LogP contribution is 2.26. The molecule has 112 valence electrons. The second kappa shape index (κ2) is 8.32. The number of likely N-dealkylation sites (N-methyl/N-ethyl adjacent to an activating group) is 1. The van der Waals surface area contributed by atoms with Crippen molar-refractivity contribution >= 4 is 15.9 Å². The Hall–Kier alpha value is -1.16. The summed E-state index contributed by atoms with van der Waals surface area (Å²) in [6.45, 7) is 1.67. The molecule has 0 spiro atoms. The van der Waals surface area contributed by atoms with E-state index in [0.29, 0.717) is 6.54 Å². The van der Waals surface area contributed by atoms with Crippen LogP contribution in [0.1, 0.15) is 23.6 Å². The lowest BCUT2D eigenvalue weighted by molar-refractivity contribution is 0.246. The molecule has 0 saturated carbocycles. The highest BCUT2D eigenvalue weighted by molar-refractivity contribution is 9.10. The maximum atomic E-state index is 5.99. The Morgan fingerprint density at radius 3 is 2.38 bits per heavy atom. The first-order valence-corrected chi connectivity index (χ1v) is 8.20. The molecule has 2 N–H and O–H groups in total. The van der Waals surface area contributed by atoms with E-state index in [2.05, 4.69) is 76.4 Å². The number of nitrogens with zero attached hydrogens (tertiary/aromatic N) is 1. The quantitative estimate of drug-likeness (QED) is 0.820. The molecule has 0 bridgehead atoms. The molecule has 2 rings (SSSR count). The van der Waals surface area contributed by atoms with Crippen molar-refractivity contribution in [3.63, 3.8) is 0 Å². The molecule has 0 amide bonds. The van der Waals surface area contributed by atoms with Crippen LogP contribution in [-0.2, 0) is 6.42 Å². The lowest BCUT2D eigenvalue weighted by Gasteiger charge is -2.28. The van der Waals surface area contributed by atoms with E-state index in [1.807, 2.05) is 6.07 Å². The van der Waals surface area contributed by atoms with E-state index in [1.165, 1.54) is 11.1 Å². The van der Waals surface area contributed by atoms with Crippen molar-refractivity contribution in [3.8, 4) is 0 Å². The molecule has 0 radical (unpaired) electrons. The normalized spacial score (nSPS) is 12.6. The van der Waals surface area contributed by atoms with Gasteiger partial charge in [-0.2, -0.15) is 0 Å². The van der Waals surface area contributed by atoms with E-state index in [-0.39, 0.29) is 6.04 Å². The van der Waals surface area contributed by atoms with Crippen molar-refractivity contribution in [2.75, 3.05) is 20.1 Å². The minimum absolute atomic E-state index is 0.261. The van der Waals surface area contributed by atoms with Crippen LogP contribution < -0.4 is 5.73 Å². The smallest absolute Gasteiger partial charge is 0.0478 e. The van der Waals surface area contributed by atoms with Gasteiger partial charge in [0.2, 0.25) is 0 Å². The zero-order chi connectivity index (χ0) is 15.1. The van der Waals surface area contributed by atoms with E-state index in [9.17, 15) is 0 Å². The highest BCUT2D eigenvalue weighted by Gasteiger charge is 2.17. The Labute approximate surface area is 136 Å². The van der Waals surface area contributed by atoms with Crippen LogP contribution >= 0.6 is 15.9 Å². The summed E-state index contributed by atoms with van der Waals surface area (Å²) in [7, 11) is 2.15. The molecule has 2 nitrogen and oxygen atoms in total. The van der Waals surface area contributed by atoms with Crippen LogP contribution in [0.4, 0.5) is 0 Å². The molecule has 0 aliphatic rings. The van der Waals surface area contributed by atoms with Gasteiger partial charge in [-0.1, -0.05) is 64.5 Å². The molecule has 0 heterocycles. The molecular weight excluding hydrogens is 324 g/mol. The van der Waals surface area contributed by atoms with Crippen molar-refractivity contribution < 1.29 is 0 Å². The van der Waals surface area contributed by atoms with E-state index >= 15 is 0 Å². The summed E-state index contributed by atoms with van der Waals surface area (Å²) in [6.07, 6.45) is 2.25. The van der Waals surface area contributed by atoms with Gasteiger partial charge in [0.25, 0.3) is 0 Å². The van der Waals surface area contributed by atoms with Crippen LogP contribution in [0.5, 0.6) is 0 Å². The van der Waals surface area contributed by atoms with Gasteiger partial charge in [-0.05, 0) is 43.6 Å². The molecule has 0 saturated heterocycles. The molecule has 0 aliphatic carbocycles. The van der Waals surface area contributed by atoms with E-state index in [4.69, 9.17) is 5.73 Å². The van der Waals surface area contributed by atoms with Crippen molar-refractivity contribution in [1.29, 1.82) is 0 Å². The lowest BCUT2D eigenvalue weighted by Crippen LogP contribution is -2.31. The summed E-state index contributed by atoms with van der Waals surface area (Å²) in [4.78, 5) is 2.35. The Kier molecular flexibility index (Phi) is 6.43. The monoisotopic (exact) mass is 346 g/mol. The van der Waals surface area contributed by atoms with Gasteiger partial charge in [-0.3, -0.25) is 4.90 Å². The number of aryl methyl sites for hydroxylation is 1. The minimum Gasteiger partial charge on any atom is -0.329 e. The Morgan fingerprint density at radius 1 is 1.05 bits per heavy atom. The molecule has 0 aliphatic heterocycles. The fourth-order valence-electron chi connectivity index (χ4n) is 2.62. The molecule has 2 aromatic rings. The topological polar surface area (TPSA) is 29.3 Å². The summed E-state index contributed by atoms with van der Waals surface area (Å²) >= 11 is 3.63. The molecule has 0 fully saturated rings. The van der Waals surface area contributed by atoms with E-state index in [1.54, 1.807) is 0 Å². The summed E-state index contributed by atoms with van der Waals surface area (Å²) in [6, 6.07) is 19.2. The van der Waals surface area contributed by atoms with Gasteiger partial charge in [0.1, 0.15) is 0 Å². The second-order valence-electron chi connectivity index (χ2n) is 5.34. The zero-order valence-corrected chi connectivity index (χ0v) is 14.1. The Bertz CT molecular complexity index is 542. The second-order valence-corrected chi connectivity index (χ2v) is 6.20. The third-order valence-corrected chi connectivity index (χ3v) is 4.56. The minimum atomic E-state index is 0.261. The number of rotatable bonds is 7. The van der Waals surface area contributed by atoms with Crippen LogP contribution in [0, 0.1) is 0 Å². The number of nitrogens with two attached hydrogens (primary N) is 1. The molecule has 21 heavy (non-hydrogen) atoms. The molecular formula is C18H23BrN2. The van der Waals surface area contributed by atoms with Gasteiger partial charge in [0.05, 0.1) is 0 Å². The van der Waals surface area contributed by atoms with Gasteiger partial charge in [-0.15, -0.1) is 0 Å². The van der Waals surface area contributed by atoms with Crippen LogP contribution in [0.3, 0.4) is 0 Å². The average Bonchev–Trinajstić information content (AvgIpc) is 2.51. The zero-order valence-electron chi connectivity index (χ0n) is 12.5. The SMILES string of the molecule is CN(CCCc1ccccc1)C(CN)c1ccccc1Br. The van der Waals surface area contributed by atoms with Gasteiger partial charge < -0.3 is 5.73 Å². The first-order chi connectivity index (χ1) is 10.2.